The molecule has 1 unspecified atom stereocenters. The smallest absolute Gasteiger partial charge is 0.311 e. The lowest BCUT2D eigenvalue weighted by Gasteiger charge is -2.29. The van der Waals surface area contributed by atoms with E-state index in [-0.39, 0.29) is 24.1 Å². The van der Waals surface area contributed by atoms with Crippen LogP contribution in [0.5, 0.6) is 5.75 Å². The molecule has 0 fully saturated rings. The number of rotatable bonds is 7. The van der Waals surface area contributed by atoms with Crippen LogP contribution in [0, 0.1) is 17.0 Å². The average molecular weight is 295 g/mol. The van der Waals surface area contributed by atoms with Gasteiger partial charge in [0.2, 0.25) is 5.91 Å². The van der Waals surface area contributed by atoms with Crippen molar-refractivity contribution in [2.75, 3.05) is 6.61 Å². The number of amides is 1. The summed E-state index contributed by atoms with van der Waals surface area (Å²) in [6.07, 6.45) is 0. The molecule has 3 N–H and O–H groups in total. The summed E-state index contributed by atoms with van der Waals surface area (Å²) >= 11 is 0. The Morgan fingerprint density at radius 3 is 2.62 bits per heavy atom. The molecule has 0 aliphatic heterocycles. The average Bonchev–Trinajstić information content (AvgIpc) is 2.36. The molecule has 0 saturated carbocycles. The largest absolute Gasteiger partial charge is 0.484 e. The lowest BCUT2D eigenvalue weighted by Crippen LogP contribution is -2.59. The van der Waals surface area contributed by atoms with Gasteiger partial charge in [-0.25, -0.2) is 0 Å². The number of carbonyl (C=O) groups excluding carboxylic acids is 1. The number of nitrogens with one attached hydrogen (secondary N) is 1. The first kappa shape index (κ1) is 16.9. The highest BCUT2D eigenvalue weighted by molar-refractivity contribution is 5.84. The van der Waals surface area contributed by atoms with Crippen LogP contribution in [0.2, 0.25) is 0 Å². The minimum absolute atomic E-state index is 0.0131. The van der Waals surface area contributed by atoms with Crippen LogP contribution in [0.25, 0.3) is 0 Å². The van der Waals surface area contributed by atoms with Crippen LogP contribution in [0.1, 0.15) is 26.3 Å². The Kier molecular flexibility index (Phi) is 5.26. The van der Waals surface area contributed by atoms with Crippen molar-refractivity contribution in [2.45, 2.75) is 39.3 Å². The Balaban J connectivity index is 2.96. The molecule has 0 bridgehead atoms. The van der Waals surface area contributed by atoms with E-state index in [1.165, 1.54) is 12.1 Å². The minimum Gasteiger partial charge on any atom is -0.484 e. The molecule has 1 atom stereocenters. The fraction of sp³-hybridized carbons (Fsp3) is 0.500. The van der Waals surface area contributed by atoms with Crippen LogP contribution in [0.4, 0.5) is 5.69 Å². The van der Waals surface area contributed by atoms with E-state index < -0.39 is 16.4 Å². The Bertz CT molecular complexity index is 545. The number of nitro groups is 1. The summed E-state index contributed by atoms with van der Waals surface area (Å²) in [5.74, 6) is -0.463. The van der Waals surface area contributed by atoms with Crippen molar-refractivity contribution in [1.82, 2.24) is 5.32 Å². The number of hydrogen-bond acceptors (Lipinski definition) is 5. The molecule has 1 aromatic rings. The predicted octanol–water partition coefficient (Wildman–Crippen LogP) is 1.52. The Labute approximate surface area is 123 Å². The van der Waals surface area contributed by atoms with Crippen molar-refractivity contribution in [2.24, 2.45) is 5.73 Å². The predicted molar refractivity (Wildman–Crippen MR) is 79.2 cm³/mol. The van der Waals surface area contributed by atoms with Crippen molar-refractivity contribution in [3.8, 4) is 5.75 Å². The standard InChI is InChI=1S/C14H21N3O4/c1-9(2)16-14(4,13(15)18)8-21-12-6-5-10(3)7-11(12)17(19)20/h5-7,9,16H,8H2,1-4H3,(H2,15,18). The van der Waals surface area contributed by atoms with Gasteiger partial charge in [0.05, 0.1) is 4.92 Å². The molecule has 21 heavy (non-hydrogen) atoms. The first-order valence-corrected chi connectivity index (χ1v) is 6.61. The van der Waals surface area contributed by atoms with Gasteiger partial charge in [0.1, 0.15) is 12.1 Å². The van der Waals surface area contributed by atoms with Gasteiger partial charge in [0, 0.05) is 12.1 Å². The van der Waals surface area contributed by atoms with Crippen LogP contribution in [0.15, 0.2) is 18.2 Å². The molecule has 7 nitrogen and oxygen atoms in total. The molecular formula is C14H21N3O4. The van der Waals surface area contributed by atoms with Gasteiger partial charge in [-0.3, -0.25) is 20.2 Å². The minimum atomic E-state index is -1.10. The van der Waals surface area contributed by atoms with Crippen LogP contribution < -0.4 is 15.8 Å². The SMILES string of the molecule is Cc1ccc(OCC(C)(NC(C)C)C(N)=O)c([N+](=O)[O-])c1. The number of nitrogens with zero attached hydrogens (tertiary/aromatic N) is 1. The third kappa shape index (κ3) is 4.42. The number of carbonyl (C=O) groups is 1. The maximum absolute atomic E-state index is 11.6. The zero-order chi connectivity index (χ0) is 16.2. The maximum Gasteiger partial charge on any atom is 0.311 e. The molecule has 116 valence electrons. The summed E-state index contributed by atoms with van der Waals surface area (Å²) in [7, 11) is 0. The lowest BCUT2D eigenvalue weighted by atomic mass is 10.0. The van der Waals surface area contributed by atoms with Gasteiger partial charge in [-0.1, -0.05) is 6.07 Å². The quantitative estimate of drug-likeness (QED) is 0.586. The molecule has 0 aliphatic rings. The number of hydrogen-bond donors (Lipinski definition) is 2. The number of aryl methyl sites for hydroxylation is 1. The van der Waals surface area contributed by atoms with Gasteiger partial charge < -0.3 is 10.5 Å². The zero-order valence-corrected chi connectivity index (χ0v) is 12.7. The molecule has 0 heterocycles. The molecule has 1 rings (SSSR count). The lowest BCUT2D eigenvalue weighted by molar-refractivity contribution is -0.386. The van der Waals surface area contributed by atoms with E-state index >= 15 is 0 Å². The summed E-state index contributed by atoms with van der Waals surface area (Å²) in [5, 5.41) is 14.0. The highest BCUT2D eigenvalue weighted by Crippen LogP contribution is 2.28. The number of nitrogens with two attached hydrogens (primary N) is 1. The van der Waals surface area contributed by atoms with Gasteiger partial charge in [-0.2, -0.15) is 0 Å². The Morgan fingerprint density at radius 1 is 1.52 bits per heavy atom. The van der Waals surface area contributed by atoms with E-state index in [4.69, 9.17) is 10.5 Å². The maximum atomic E-state index is 11.6. The second-order valence-corrected chi connectivity index (χ2v) is 5.51. The summed E-state index contributed by atoms with van der Waals surface area (Å²) in [6.45, 7) is 7.01. The van der Waals surface area contributed by atoms with Crippen LogP contribution >= 0.6 is 0 Å². The molecule has 1 aromatic carbocycles. The van der Waals surface area contributed by atoms with Gasteiger partial charge in [-0.05, 0) is 39.3 Å². The second kappa shape index (κ2) is 6.53. The topological polar surface area (TPSA) is 107 Å². The molecule has 0 saturated heterocycles. The zero-order valence-electron chi connectivity index (χ0n) is 12.7. The third-order valence-electron chi connectivity index (χ3n) is 2.98. The molecule has 0 radical (unpaired) electrons. The molecule has 0 spiro atoms. The van der Waals surface area contributed by atoms with Crippen molar-refractivity contribution in [3.63, 3.8) is 0 Å². The van der Waals surface area contributed by atoms with E-state index in [1.807, 2.05) is 13.8 Å². The first-order chi connectivity index (χ1) is 9.65. The molecular weight excluding hydrogens is 274 g/mol. The van der Waals surface area contributed by atoms with Gasteiger partial charge in [0.25, 0.3) is 0 Å². The van der Waals surface area contributed by atoms with Crippen LogP contribution in [-0.4, -0.2) is 29.0 Å². The van der Waals surface area contributed by atoms with E-state index in [1.54, 1.807) is 19.9 Å². The van der Waals surface area contributed by atoms with Gasteiger partial charge in [-0.15, -0.1) is 0 Å². The van der Waals surface area contributed by atoms with Crippen molar-refractivity contribution >= 4 is 11.6 Å². The van der Waals surface area contributed by atoms with E-state index in [9.17, 15) is 14.9 Å². The van der Waals surface area contributed by atoms with E-state index in [0.29, 0.717) is 0 Å². The summed E-state index contributed by atoms with van der Waals surface area (Å²) in [6, 6.07) is 4.66. The summed E-state index contributed by atoms with van der Waals surface area (Å²) in [4.78, 5) is 22.1. The summed E-state index contributed by atoms with van der Waals surface area (Å²) < 4.78 is 5.48. The number of ether oxygens (including phenoxy) is 1. The fourth-order valence-electron chi connectivity index (χ4n) is 1.94. The normalized spacial score (nSPS) is 13.8. The van der Waals surface area contributed by atoms with Gasteiger partial charge in [0.15, 0.2) is 5.75 Å². The van der Waals surface area contributed by atoms with Crippen LogP contribution in [-0.2, 0) is 4.79 Å². The molecule has 7 heteroatoms. The number of nitro benzene ring substituents is 1. The second-order valence-electron chi connectivity index (χ2n) is 5.51. The molecule has 0 aliphatic carbocycles. The highest BCUT2D eigenvalue weighted by Gasteiger charge is 2.33. The van der Waals surface area contributed by atoms with Crippen LogP contribution in [0.3, 0.4) is 0 Å². The van der Waals surface area contributed by atoms with E-state index in [2.05, 4.69) is 5.32 Å². The monoisotopic (exact) mass is 295 g/mol. The summed E-state index contributed by atoms with van der Waals surface area (Å²) in [5.41, 5.74) is 4.91. The Hall–Kier alpha value is -2.15. The van der Waals surface area contributed by atoms with Crippen molar-refractivity contribution in [1.29, 1.82) is 0 Å². The third-order valence-corrected chi connectivity index (χ3v) is 2.98. The molecule has 0 aromatic heterocycles. The fourth-order valence-corrected chi connectivity index (χ4v) is 1.94. The first-order valence-electron chi connectivity index (χ1n) is 6.61. The van der Waals surface area contributed by atoms with Crippen molar-refractivity contribution < 1.29 is 14.5 Å². The van der Waals surface area contributed by atoms with Crippen molar-refractivity contribution in [3.05, 3.63) is 33.9 Å². The molecule has 1 amide bonds. The number of primary amides is 1. The van der Waals surface area contributed by atoms with Gasteiger partial charge >= 0.3 is 5.69 Å². The number of benzene rings is 1. The highest BCUT2D eigenvalue weighted by atomic mass is 16.6. The Morgan fingerprint density at radius 2 is 2.14 bits per heavy atom. The van der Waals surface area contributed by atoms with E-state index in [0.717, 1.165) is 5.56 Å².